The molecule has 0 bridgehead atoms. The topological polar surface area (TPSA) is 37.3 Å². The van der Waals surface area contributed by atoms with Gasteiger partial charge in [-0.3, -0.25) is 4.79 Å². The minimum atomic E-state index is -0.365. The van der Waals surface area contributed by atoms with E-state index < -0.39 is 0 Å². The number of aliphatic hydroxyl groups excluding tert-OH is 1. The fourth-order valence-corrected chi connectivity index (χ4v) is 1.40. The number of carbonyl (C=O) groups excluding carboxylic acids is 1. The Morgan fingerprint density at radius 1 is 1.25 bits per heavy atom. The van der Waals surface area contributed by atoms with Gasteiger partial charge < -0.3 is 5.11 Å². The molecule has 1 aromatic rings. The van der Waals surface area contributed by atoms with Gasteiger partial charge in [0.15, 0.2) is 5.78 Å². The number of aliphatic hydroxyl groups is 1. The van der Waals surface area contributed by atoms with Crippen molar-refractivity contribution in [2.24, 2.45) is 5.41 Å². The van der Waals surface area contributed by atoms with E-state index >= 15 is 0 Å². The Kier molecular flexibility index (Phi) is 3.87. The number of benzene rings is 1. The molecule has 2 nitrogen and oxygen atoms in total. The zero-order valence-electron chi connectivity index (χ0n) is 10.4. The first kappa shape index (κ1) is 12.9. The molecule has 0 fully saturated rings. The van der Waals surface area contributed by atoms with E-state index in [1.165, 1.54) is 0 Å². The molecule has 0 amide bonds. The number of Topliss-reactive ketones (excluding diaryl/α,β-unsaturated/α-hetero) is 1. The normalized spacial score (nSPS) is 13.6. The zero-order chi connectivity index (χ0) is 12.3. The van der Waals surface area contributed by atoms with Crippen LogP contribution in [0.4, 0.5) is 0 Å². The molecule has 1 aromatic carbocycles. The lowest BCUT2D eigenvalue weighted by molar-refractivity contribution is 0.0636. The highest BCUT2D eigenvalue weighted by atomic mass is 16.3. The van der Waals surface area contributed by atoms with Gasteiger partial charge in [0.05, 0.1) is 6.10 Å². The molecule has 0 aliphatic rings. The summed E-state index contributed by atoms with van der Waals surface area (Å²) in [5.74, 6) is 0.0721. The van der Waals surface area contributed by atoms with E-state index in [0.717, 1.165) is 5.56 Å². The SMILES string of the molecule is CC(=O)c1ccc(CC(O)C(C)(C)C)cc1. The highest BCUT2D eigenvalue weighted by Crippen LogP contribution is 2.22. The zero-order valence-corrected chi connectivity index (χ0v) is 10.4. The first-order chi connectivity index (χ1) is 7.30. The van der Waals surface area contributed by atoms with Crippen LogP contribution >= 0.6 is 0 Å². The van der Waals surface area contributed by atoms with Crippen molar-refractivity contribution >= 4 is 5.78 Å². The van der Waals surface area contributed by atoms with Crippen molar-refractivity contribution in [3.8, 4) is 0 Å². The van der Waals surface area contributed by atoms with Crippen LogP contribution in [0, 0.1) is 5.41 Å². The summed E-state index contributed by atoms with van der Waals surface area (Å²) in [5.41, 5.74) is 1.67. The summed E-state index contributed by atoms with van der Waals surface area (Å²) >= 11 is 0. The second kappa shape index (κ2) is 4.79. The molecular weight excluding hydrogens is 200 g/mol. The maximum atomic E-state index is 11.1. The third-order valence-electron chi connectivity index (χ3n) is 2.79. The van der Waals surface area contributed by atoms with Crippen LogP contribution in [0.2, 0.25) is 0 Å². The van der Waals surface area contributed by atoms with Crippen molar-refractivity contribution in [1.29, 1.82) is 0 Å². The average molecular weight is 220 g/mol. The lowest BCUT2D eigenvalue weighted by Gasteiger charge is -2.25. The van der Waals surface area contributed by atoms with E-state index in [9.17, 15) is 9.90 Å². The van der Waals surface area contributed by atoms with Crippen molar-refractivity contribution in [2.45, 2.75) is 40.2 Å². The van der Waals surface area contributed by atoms with Crippen LogP contribution in [-0.2, 0) is 6.42 Å². The quantitative estimate of drug-likeness (QED) is 0.795. The highest BCUT2D eigenvalue weighted by molar-refractivity contribution is 5.93. The van der Waals surface area contributed by atoms with Gasteiger partial charge in [-0.2, -0.15) is 0 Å². The molecule has 1 atom stereocenters. The summed E-state index contributed by atoms with van der Waals surface area (Å²) in [6, 6.07) is 7.44. The van der Waals surface area contributed by atoms with Crippen LogP contribution in [0.5, 0.6) is 0 Å². The lowest BCUT2D eigenvalue weighted by atomic mass is 9.85. The Morgan fingerprint density at radius 2 is 1.75 bits per heavy atom. The molecule has 0 aliphatic heterocycles. The fraction of sp³-hybridized carbons (Fsp3) is 0.500. The van der Waals surface area contributed by atoms with Gasteiger partial charge >= 0.3 is 0 Å². The molecule has 88 valence electrons. The Bertz CT molecular complexity index is 357. The van der Waals surface area contributed by atoms with Gasteiger partial charge in [0.1, 0.15) is 0 Å². The van der Waals surface area contributed by atoms with E-state index in [2.05, 4.69) is 0 Å². The fourth-order valence-electron chi connectivity index (χ4n) is 1.40. The van der Waals surface area contributed by atoms with E-state index in [1.54, 1.807) is 6.92 Å². The van der Waals surface area contributed by atoms with Gasteiger partial charge in [0.2, 0.25) is 0 Å². The maximum Gasteiger partial charge on any atom is 0.159 e. The minimum Gasteiger partial charge on any atom is -0.392 e. The molecule has 0 saturated heterocycles. The standard InChI is InChI=1S/C14H20O2/c1-10(15)12-7-5-11(6-8-12)9-13(16)14(2,3)4/h5-8,13,16H,9H2,1-4H3. The van der Waals surface area contributed by atoms with Crippen LogP contribution in [-0.4, -0.2) is 17.0 Å². The third kappa shape index (κ3) is 3.46. The monoisotopic (exact) mass is 220 g/mol. The summed E-state index contributed by atoms with van der Waals surface area (Å²) in [4.78, 5) is 11.1. The highest BCUT2D eigenvalue weighted by Gasteiger charge is 2.22. The van der Waals surface area contributed by atoms with E-state index in [4.69, 9.17) is 0 Å². The molecule has 1 N–H and O–H groups in total. The first-order valence-corrected chi connectivity index (χ1v) is 5.58. The molecule has 0 heterocycles. The summed E-state index contributed by atoms with van der Waals surface area (Å²) in [7, 11) is 0. The maximum absolute atomic E-state index is 11.1. The minimum absolute atomic E-state index is 0.0721. The van der Waals surface area contributed by atoms with Gasteiger partial charge in [-0.1, -0.05) is 45.0 Å². The Labute approximate surface area is 97.3 Å². The van der Waals surface area contributed by atoms with Gasteiger partial charge in [-0.15, -0.1) is 0 Å². The molecular formula is C14H20O2. The third-order valence-corrected chi connectivity index (χ3v) is 2.79. The smallest absolute Gasteiger partial charge is 0.159 e. The largest absolute Gasteiger partial charge is 0.392 e. The van der Waals surface area contributed by atoms with E-state index in [-0.39, 0.29) is 17.3 Å². The van der Waals surface area contributed by atoms with E-state index in [1.807, 2.05) is 45.0 Å². The Balaban J connectivity index is 2.73. The molecule has 1 rings (SSSR count). The van der Waals surface area contributed by atoms with Crippen LogP contribution in [0.25, 0.3) is 0 Å². The summed E-state index contributed by atoms with van der Waals surface area (Å²) < 4.78 is 0. The van der Waals surface area contributed by atoms with Crippen LogP contribution in [0.3, 0.4) is 0 Å². The van der Waals surface area contributed by atoms with Gasteiger partial charge in [-0.05, 0) is 24.3 Å². The van der Waals surface area contributed by atoms with Gasteiger partial charge in [0.25, 0.3) is 0 Å². The molecule has 0 spiro atoms. The second-order valence-electron chi connectivity index (χ2n) is 5.34. The molecule has 0 saturated carbocycles. The van der Waals surface area contributed by atoms with E-state index in [0.29, 0.717) is 12.0 Å². The lowest BCUT2D eigenvalue weighted by Crippen LogP contribution is -2.28. The van der Waals surface area contributed by atoms with Crippen molar-refractivity contribution in [3.63, 3.8) is 0 Å². The molecule has 1 unspecified atom stereocenters. The average Bonchev–Trinajstić information content (AvgIpc) is 2.17. The number of hydrogen-bond donors (Lipinski definition) is 1. The van der Waals surface area contributed by atoms with Crippen molar-refractivity contribution in [2.75, 3.05) is 0 Å². The van der Waals surface area contributed by atoms with Gasteiger partial charge in [-0.25, -0.2) is 0 Å². The van der Waals surface area contributed by atoms with Gasteiger partial charge in [0, 0.05) is 5.56 Å². The Morgan fingerprint density at radius 3 is 2.12 bits per heavy atom. The predicted molar refractivity (Wildman–Crippen MR) is 65.6 cm³/mol. The molecule has 0 aromatic heterocycles. The Hall–Kier alpha value is -1.15. The molecule has 0 aliphatic carbocycles. The number of hydrogen-bond acceptors (Lipinski definition) is 2. The first-order valence-electron chi connectivity index (χ1n) is 5.58. The van der Waals surface area contributed by atoms with Crippen LogP contribution in [0.1, 0.15) is 43.6 Å². The van der Waals surface area contributed by atoms with Crippen molar-refractivity contribution < 1.29 is 9.90 Å². The molecule has 0 radical (unpaired) electrons. The van der Waals surface area contributed by atoms with Crippen molar-refractivity contribution in [1.82, 2.24) is 0 Å². The molecule has 16 heavy (non-hydrogen) atoms. The van der Waals surface area contributed by atoms with Crippen LogP contribution < -0.4 is 0 Å². The number of carbonyl (C=O) groups is 1. The summed E-state index contributed by atoms with van der Waals surface area (Å²) in [6.45, 7) is 7.60. The number of ketones is 1. The number of rotatable bonds is 3. The summed E-state index contributed by atoms with van der Waals surface area (Å²) in [5, 5.41) is 9.95. The predicted octanol–water partition coefficient (Wildman–Crippen LogP) is 2.84. The van der Waals surface area contributed by atoms with Crippen LogP contribution in [0.15, 0.2) is 24.3 Å². The summed E-state index contributed by atoms with van der Waals surface area (Å²) in [6.07, 6.45) is 0.262. The molecule has 2 heteroatoms. The van der Waals surface area contributed by atoms with Crippen molar-refractivity contribution in [3.05, 3.63) is 35.4 Å². The second-order valence-corrected chi connectivity index (χ2v) is 5.34.